The molecule has 0 saturated carbocycles. The third-order valence-electron chi connectivity index (χ3n) is 2.82. The molecule has 0 atom stereocenters. The molecule has 6 heteroatoms. The lowest BCUT2D eigenvalue weighted by atomic mass is 9.98. The molecule has 6 nitrogen and oxygen atoms in total. The van der Waals surface area contributed by atoms with Crippen molar-refractivity contribution in [1.29, 1.82) is 5.26 Å². The zero-order valence-corrected chi connectivity index (χ0v) is 12.8. The van der Waals surface area contributed by atoms with Crippen LogP contribution in [0.2, 0.25) is 0 Å². The molecular weight excluding hydrogens is 280 g/mol. The highest BCUT2D eigenvalue weighted by Crippen LogP contribution is 2.26. The second-order valence-electron chi connectivity index (χ2n) is 6.19. The van der Waals surface area contributed by atoms with Crippen molar-refractivity contribution in [3.05, 3.63) is 40.2 Å². The van der Waals surface area contributed by atoms with Crippen molar-refractivity contribution in [2.45, 2.75) is 20.8 Å². The van der Waals surface area contributed by atoms with Crippen LogP contribution < -0.4 is 16.0 Å². The van der Waals surface area contributed by atoms with E-state index in [1.165, 1.54) is 6.07 Å². The maximum atomic E-state index is 11.5. The summed E-state index contributed by atoms with van der Waals surface area (Å²) in [5, 5.41) is 9.29. The maximum absolute atomic E-state index is 11.5. The van der Waals surface area contributed by atoms with E-state index in [4.69, 9.17) is 10.5 Å². The third kappa shape index (κ3) is 3.85. The molecule has 0 saturated heterocycles. The van der Waals surface area contributed by atoms with Gasteiger partial charge >= 0.3 is 0 Å². The van der Waals surface area contributed by atoms with Crippen LogP contribution in [0.4, 0.5) is 5.95 Å². The van der Waals surface area contributed by atoms with Gasteiger partial charge in [-0.25, -0.2) is 4.98 Å². The molecule has 0 aliphatic rings. The fourth-order valence-electron chi connectivity index (χ4n) is 1.82. The summed E-state index contributed by atoms with van der Waals surface area (Å²) in [7, 11) is 0. The Balaban J connectivity index is 2.37. The number of anilines is 1. The first-order chi connectivity index (χ1) is 10.3. The minimum absolute atomic E-state index is 0.00583. The molecule has 1 heterocycles. The fourth-order valence-corrected chi connectivity index (χ4v) is 1.82. The summed E-state index contributed by atoms with van der Waals surface area (Å²) in [6, 6.07) is 8.53. The molecule has 0 radical (unpaired) electrons. The summed E-state index contributed by atoms with van der Waals surface area (Å²) in [6.07, 6.45) is 0. The van der Waals surface area contributed by atoms with Gasteiger partial charge in [-0.15, -0.1) is 0 Å². The van der Waals surface area contributed by atoms with Crippen LogP contribution in [0.1, 0.15) is 26.3 Å². The molecule has 0 aliphatic carbocycles. The second-order valence-corrected chi connectivity index (χ2v) is 6.19. The topological polar surface area (TPSA) is 105 Å². The lowest BCUT2D eigenvalue weighted by Gasteiger charge is -2.19. The standard InChI is InChI=1S/C16H18N4O2/c1-16(2,3)9-22-13-5-4-10(6-11(13)8-17)12-7-14(21)20-15(18)19-12/h4-7H,9H2,1-3H3,(H3,18,19,20,21). The number of aromatic amines is 1. The van der Waals surface area contributed by atoms with E-state index in [9.17, 15) is 10.1 Å². The monoisotopic (exact) mass is 298 g/mol. The van der Waals surface area contributed by atoms with Gasteiger partial charge in [0.1, 0.15) is 11.8 Å². The lowest BCUT2D eigenvalue weighted by molar-refractivity contribution is 0.197. The van der Waals surface area contributed by atoms with Crippen molar-refractivity contribution in [2.75, 3.05) is 12.3 Å². The van der Waals surface area contributed by atoms with Crippen LogP contribution in [0, 0.1) is 16.7 Å². The van der Waals surface area contributed by atoms with Gasteiger partial charge in [-0.1, -0.05) is 20.8 Å². The van der Waals surface area contributed by atoms with Crippen LogP contribution in [-0.2, 0) is 0 Å². The van der Waals surface area contributed by atoms with Crippen molar-refractivity contribution in [2.24, 2.45) is 5.41 Å². The molecule has 0 aliphatic heterocycles. The van der Waals surface area contributed by atoms with E-state index in [1.54, 1.807) is 18.2 Å². The van der Waals surface area contributed by atoms with Gasteiger partial charge in [-0.3, -0.25) is 9.78 Å². The highest BCUT2D eigenvalue weighted by Gasteiger charge is 2.14. The summed E-state index contributed by atoms with van der Waals surface area (Å²) in [5.74, 6) is 0.549. The van der Waals surface area contributed by atoms with Crippen LogP contribution in [0.15, 0.2) is 29.1 Å². The number of nitrogen functional groups attached to an aromatic ring is 1. The third-order valence-corrected chi connectivity index (χ3v) is 2.82. The zero-order chi connectivity index (χ0) is 16.3. The van der Waals surface area contributed by atoms with Crippen LogP contribution in [-0.4, -0.2) is 16.6 Å². The van der Waals surface area contributed by atoms with Crippen LogP contribution in [0.5, 0.6) is 5.75 Å². The van der Waals surface area contributed by atoms with Gasteiger partial charge in [-0.2, -0.15) is 5.26 Å². The molecule has 0 unspecified atom stereocenters. The van der Waals surface area contributed by atoms with E-state index in [2.05, 4.69) is 36.8 Å². The molecule has 1 aromatic heterocycles. The van der Waals surface area contributed by atoms with Gasteiger partial charge in [-0.05, 0) is 23.6 Å². The fraction of sp³-hybridized carbons (Fsp3) is 0.312. The van der Waals surface area contributed by atoms with Gasteiger partial charge in [0.2, 0.25) is 5.95 Å². The van der Waals surface area contributed by atoms with E-state index < -0.39 is 0 Å². The van der Waals surface area contributed by atoms with E-state index in [0.717, 1.165) is 0 Å². The van der Waals surface area contributed by atoms with Crippen molar-refractivity contribution in [1.82, 2.24) is 9.97 Å². The Kier molecular flexibility index (Phi) is 4.18. The van der Waals surface area contributed by atoms with Crippen molar-refractivity contribution < 1.29 is 4.74 Å². The first-order valence-corrected chi connectivity index (χ1v) is 6.83. The number of aromatic nitrogens is 2. The van der Waals surface area contributed by atoms with Gasteiger partial charge < -0.3 is 10.5 Å². The Morgan fingerprint density at radius 1 is 1.36 bits per heavy atom. The number of nitrogens with zero attached hydrogens (tertiary/aromatic N) is 2. The molecule has 1 aromatic carbocycles. The number of nitrogens with two attached hydrogens (primary N) is 1. The minimum atomic E-state index is -0.339. The molecule has 0 bridgehead atoms. The average molecular weight is 298 g/mol. The largest absolute Gasteiger partial charge is 0.492 e. The molecule has 22 heavy (non-hydrogen) atoms. The van der Waals surface area contributed by atoms with Gasteiger partial charge in [0.25, 0.3) is 5.56 Å². The van der Waals surface area contributed by atoms with E-state index in [-0.39, 0.29) is 16.9 Å². The molecule has 0 fully saturated rings. The number of H-pyrrole nitrogens is 1. The average Bonchev–Trinajstić information content (AvgIpc) is 2.43. The summed E-state index contributed by atoms with van der Waals surface area (Å²) >= 11 is 0. The van der Waals surface area contributed by atoms with E-state index in [0.29, 0.717) is 29.2 Å². The van der Waals surface area contributed by atoms with Crippen molar-refractivity contribution >= 4 is 5.95 Å². The number of benzene rings is 1. The second kappa shape index (κ2) is 5.90. The van der Waals surface area contributed by atoms with Gasteiger partial charge in [0.15, 0.2) is 0 Å². The Hall–Kier alpha value is -2.81. The van der Waals surface area contributed by atoms with E-state index >= 15 is 0 Å². The number of rotatable bonds is 3. The smallest absolute Gasteiger partial charge is 0.252 e. The summed E-state index contributed by atoms with van der Waals surface area (Å²) < 4.78 is 5.70. The number of hydrogen-bond donors (Lipinski definition) is 2. The number of nitrogens with one attached hydrogen (secondary N) is 1. The van der Waals surface area contributed by atoms with Crippen LogP contribution in [0.3, 0.4) is 0 Å². The molecule has 2 aromatic rings. The molecule has 0 amide bonds. The first-order valence-electron chi connectivity index (χ1n) is 6.83. The number of nitriles is 1. The molecule has 114 valence electrons. The molecular formula is C16H18N4O2. The Bertz CT molecular complexity index is 782. The molecule has 3 N–H and O–H groups in total. The summed E-state index contributed by atoms with van der Waals surface area (Å²) in [4.78, 5) is 17.9. The van der Waals surface area contributed by atoms with Crippen molar-refractivity contribution in [3.8, 4) is 23.1 Å². The minimum Gasteiger partial charge on any atom is -0.492 e. The van der Waals surface area contributed by atoms with Crippen molar-refractivity contribution in [3.63, 3.8) is 0 Å². The highest BCUT2D eigenvalue weighted by atomic mass is 16.5. The number of hydrogen-bond acceptors (Lipinski definition) is 5. The normalized spacial score (nSPS) is 11.0. The quantitative estimate of drug-likeness (QED) is 0.904. The van der Waals surface area contributed by atoms with Gasteiger partial charge in [0.05, 0.1) is 17.9 Å². The first kappa shape index (κ1) is 15.6. The molecule has 0 spiro atoms. The highest BCUT2D eigenvalue weighted by molar-refractivity contribution is 5.64. The molecule has 2 rings (SSSR count). The lowest BCUT2D eigenvalue weighted by Crippen LogP contribution is -2.17. The predicted molar refractivity (Wildman–Crippen MR) is 84.4 cm³/mol. The number of ether oxygens (including phenoxy) is 1. The summed E-state index contributed by atoms with van der Waals surface area (Å²) in [6.45, 7) is 6.65. The SMILES string of the molecule is CC(C)(C)COc1ccc(-c2cc(=O)[nH]c(N)n2)cc1C#N. The Morgan fingerprint density at radius 2 is 2.09 bits per heavy atom. The van der Waals surface area contributed by atoms with Gasteiger partial charge in [0, 0.05) is 11.6 Å². The Labute approximate surface area is 128 Å². The predicted octanol–water partition coefficient (Wildman–Crippen LogP) is 2.32. The summed E-state index contributed by atoms with van der Waals surface area (Å²) in [5.41, 5.74) is 6.64. The Morgan fingerprint density at radius 3 is 2.68 bits per heavy atom. The van der Waals surface area contributed by atoms with Crippen LogP contribution >= 0.6 is 0 Å². The maximum Gasteiger partial charge on any atom is 0.252 e. The zero-order valence-electron chi connectivity index (χ0n) is 12.8. The van der Waals surface area contributed by atoms with Crippen LogP contribution in [0.25, 0.3) is 11.3 Å². The van der Waals surface area contributed by atoms with E-state index in [1.807, 2.05) is 0 Å².